The topological polar surface area (TPSA) is 46.1 Å². The number of anilines is 1. The summed E-state index contributed by atoms with van der Waals surface area (Å²) in [7, 11) is 0. The number of amides is 1. The van der Waals surface area contributed by atoms with Crippen molar-refractivity contribution in [3.8, 4) is 0 Å². The Morgan fingerprint density at radius 1 is 1.06 bits per heavy atom. The van der Waals surface area contributed by atoms with E-state index in [1.54, 1.807) is 22.4 Å². The van der Waals surface area contributed by atoms with E-state index in [9.17, 15) is 4.79 Å². The largest absolute Gasteiger partial charge is 0.279 e. The summed E-state index contributed by atoms with van der Waals surface area (Å²) in [6.07, 6.45) is 8.16. The van der Waals surface area contributed by atoms with Gasteiger partial charge in [-0.15, -0.1) is 0 Å². The highest BCUT2D eigenvalue weighted by Crippen LogP contribution is 2.34. The van der Waals surface area contributed by atoms with Crippen LogP contribution in [-0.2, 0) is 19.4 Å². The van der Waals surface area contributed by atoms with Gasteiger partial charge in [0.15, 0.2) is 5.13 Å². The van der Waals surface area contributed by atoms with Crippen LogP contribution in [0.5, 0.6) is 0 Å². The minimum absolute atomic E-state index is 0.00865. The maximum absolute atomic E-state index is 13.7. The fourth-order valence-electron chi connectivity index (χ4n) is 4.25. The number of rotatable bonds is 4. The van der Waals surface area contributed by atoms with Crippen molar-refractivity contribution in [3.63, 3.8) is 0 Å². The third-order valence-electron chi connectivity index (χ3n) is 6.21. The Balaban J connectivity index is 1.57. The number of aromatic nitrogens is 2. The molecule has 0 saturated carbocycles. The summed E-state index contributed by atoms with van der Waals surface area (Å²) >= 11 is 1.57. The van der Waals surface area contributed by atoms with E-state index < -0.39 is 0 Å². The van der Waals surface area contributed by atoms with Gasteiger partial charge in [-0.1, -0.05) is 29.5 Å². The van der Waals surface area contributed by atoms with Gasteiger partial charge in [-0.25, -0.2) is 4.98 Å². The first-order valence-corrected chi connectivity index (χ1v) is 11.6. The lowest BCUT2D eigenvalue weighted by molar-refractivity contribution is 0.0985. The van der Waals surface area contributed by atoms with Crippen LogP contribution in [0.1, 0.15) is 51.0 Å². The van der Waals surface area contributed by atoms with Gasteiger partial charge in [0.1, 0.15) is 0 Å². The minimum atomic E-state index is -0.00865. The van der Waals surface area contributed by atoms with Gasteiger partial charge < -0.3 is 0 Å². The number of carbonyl (C=O) groups excluding carboxylic acids is 1. The second kappa shape index (κ2) is 8.23. The summed E-state index contributed by atoms with van der Waals surface area (Å²) in [4.78, 5) is 24.7. The molecule has 31 heavy (non-hydrogen) atoms. The number of carbonyl (C=O) groups is 1. The molecule has 0 bridgehead atoms. The molecule has 0 saturated heterocycles. The summed E-state index contributed by atoms with van der Waals surface area (Å²) in [5.41, 5.74) is 7.78. The molecule has 1 aliphatic carbocycles. The zero-order chi connectivity index (χ0) is 21.4. The molecular weight excluding hydrogens is 402 g/mol. The number of hydrogen-bond acceptors (Lipinski definition) is 4. The molecule has 5 heteroatoms. The predicted octanol–water partition coefficient (Wildman–Crippen LogP) is 6.03. The third-order valence-corrected chi connectivity index (χ3v) is 7.25. The molecule has 1 aliphatic rings. The van der Waals surface area contributed by atoms with Crippen molar-refractivity contribution in [2.45, 2.75) is 46.1 Å². The van der Waals surface area contributed by atoms with Gasteiger partial charge in [0.05, 0.1) is 16.8 Å². The van der Waals surface area contributed by atoms with E-state index in [-0.39, 0.29) is 5.91 Å². The van der Waals surface area contributed by atoms with Crippen LogP contribution >= 0.6 is 11.3 Å². The predicted molar refractivity (Wildman–Crippen MR) is 127 cm³/mol. The van der Waals surface area contributed by atoms with Crippen LogP contribution in [0.25, 0.3) is 10.2 Å². The fraction of sp³-hybridized carbons (Fsp3) is 0.269. The molecule has 0 spiro atoms. The maximum atomic E-state index is 13.7. The molecule has 0 atom stereocenters. The first kappa shape index (κ1) is 19.9. The zero-order valence-corrected chi connectivity index (χ0v) is 18.7. The molecule has 156 valence electrons. The Morgan fingerprint density at radius 2 is 1.90 bits per heavy atom. The number of hydrogen-bond donors (Lipinski definition) is 0. The number of aryl methyl sites for hydroxylation is 4. The van der Waals surface area contributed by atoms with Crippen LogP contribution < -0.4 is 4.90 Å². The fourth-order valence-corrected chi connectivity index (χ4v) is 5.28. The molecule has 2 aromatic carbocycles. The standard InChI is InChI=1S/C26H25N3OS/c1-17-9-12-23-24(18(17)2)28-26(31-23)29(16-19-6-5-13-27-15-19)25(30)22-11-10-20-7-3-4-8-21(20)14-22/h5-6,9-15H,3-4,7-8,16H2,1-2H3. The van der Waals surface area contributed by atoms with Gasteiger partial charge in [0.25, 0.3) is 5.91 Å². The first-order chi connectivity index (χ1) is 15.1. The summed E-state index contributed by atoms with van der Waals surface area (Å²) in [5.74, 6) is -0.00865. The molecule has 1 amide bonds. The van der Waals surface area contributed by atoms with Gasteiger partial charge >= 0.3 is 0 Å². The molecule has 5 rings (SSSR count). The Labute approximate surface area is 186 Å². The number of benzene rings is 2. The normalized spacial score (nSPS) is 13.2. The van der Waals surface area contributed by atoms with E-state index in [4.69, 9.17) is 4.98 Å². The van der Waals surface area contributed by atoms with Crippen LogP contribution in [0.3, 0.4) is 0 Å². The molecule has 4 aromatic rings. The van der Waals surface area contributed by atoms with Crippen molar-refractivity contribution >= 4 is 32.6 Å². The maximum Gasteiger partial charge on any atom is 0.260 e. The van der Waals surface area contributed by atoms with E-state index >= 15 is 0 Å². The molecule has 0 radical (unpaired) electrons. The van der Waals surface area contributed by atoms with Crippen LogP contribution in [0, 0.1) is 13.8 Å². The number of thiazole rings is 1. The van der Waals surface area contributed by atoms with E-state index in [1.165, 1.54) is 35.1 Å². The van der Waals surface area contributed by atoms with Crippen LogP contribution in [0.15, 0.2) is 54.9 Å². The van der Waals surface area contributed by atoms with E-state index in [1.807, 2.05) is 24.4 Å². The van der Waals surface area contributed by atoms with Crippen molar-refractivity contribution in [1.82, 2.24) is 9.97 Å². The third kappa shape index (κ3) is 3.86. The Kier molecular flexibility index (Phi) is 5.28. The van der Waals surface area contributed by atoms with Crippen molar-refractivity contribution in [2.24, 2.45) is 0 Å². The van der Waals surface area contributed by atoms with Gasteiger partial charge in [0.2, 0.25) is 0 Å². The smallest absolute Gasteiger partial charge is 0.260 e. The van der Waals surface area contributed by atoms with E-state index in [0.29, 0.717) is 6.54 Å². The molecule has 0 aliphatic heterocycles. The van der Waals surface area contributed by atoms with Crippen LogP contribution in [0.2, 0.25) is 0 Å². The highest BCUT2D eigenvalue weighted by molar-refractivity contribution is 7.22. The Hall–Kier alpha value is -3.05. The molecule has 0 N–H and O–H groups in total. The van der Waals surface area contributed by atoms with E-state index in [2.05, 4.69) is 43.1 Å². The van der Waals surface area contributed by atoms with Crippen LogP contribution in [0.4, 0.5) is 5.13 Å². The Morgan fingerprint density at radius 3 is 2.71 bits per heavy atom. The average molecular weight is 428 g/mol. The summed E-state index contributed by atoms with van der Waals surface area (Å²) in [6, 6.07) is 14.3. The molecular formula is C26H25N3OS. The zero-order valence-electron chi connectivity index (χ0n) is 17.9. The molecule has 2 aromatic heterocycles. The molecule has 2 heterocycles. The molecule has 4 nitrogen and oxygen atoms in total. The minimum Gasteiger partial charge on any atom is -0.279 e. The summed E-state index contributed by atoms with van der Waals surface area (Å²) < 4.78 is 1.10. The lowest BCUT2D eigenvalue weighted by Gasteiger charge is -2.22. The molecule has 0 fully saturated rings. The number of fused-ring (bicyclic) bond motifs is 2. The summed E-state index contributed by atoms with van der Waals surface area (Å²) in [5, 5.41) is 0.732. The highest BCUT2D eigenvalue weighted by Gasteiger charge is 2.23. The monoisotopic (exact) mass is 427 g/mol. The summed E-state index contributed by atoms with van der Waals surface area (Å²) in [6.45, 7) is 4.64. The van der Waals surface area contributed by atoms with Crippen molar-refractivity contribution in [1.29, 1.82) is 0 Å². The van der Waals surface area contributed by atoms with Gasteiger partial charge in [-0.3, -0.25) is 14.7 Å². The van der Waals surface area contributed by atoms with Gasteiger partial charge in [-0.2, -0.15) is 0 Å². The van der Waals surface area contributed by atoms with Gasteiger partial charge in [0, 0.05) is 18.0 Å². The SMILES string of the molecule is Cc1ccc2sc(N(Cc3cccnc3)C(=O)c3ccc4c(c3)CCCC4)nc2c1C. The van der Waals surface area contributed by atoms with Crippen molar-refractivity contribution < 1.29 is 4.79 Å². The highest BCUT2D eigenvalue weighted by atomic mass is 32.1. The lowest BCUT2D eigenvalue weighted by atomic mass is 9.90. The van der Waals surface area contributed by atoms with Crippen molar-refractivity contribution in [2.75, 3.05) is 4.90 Å². The number of nitrogens with zero attached hydrogens (tertiary/aromatic N) is 3. The van der Waals surface area contributed by atoms with Gasteiger partial charge in [-0.05, 0) is 91.6 Å². The second-order valence-electron chi connectivity index (χ2n) is 8.29. The Bertz CT molecular complexity index is 1260. The van der Waals surface area contributed by atoms with Crippen LogP contribution in [-0.4, -0.2) is 15.9 Å². The van der Waals surface area contributed by atoms with E-state index in [0.717, 1.165) is 39.3 Å². The first-order valence-electron chi connectivity index (χ1n) is 10.8. The number of pyridine rings is 1. The quantitative estimate of drug-likeness (QED) is 0.399. The lowest BCUT2D eigenvalue weighted by Crippen LogP contribution is -2.30. The average Bonchev–Trinajstić information content (AvgIpc) is 3.25. The van der Waals surface area contributed by atoms with Crippen molar-refractivity contribution in [3.05, 3.63) is 88.2 Å². The molecule has 0 unspecified atom stereocenters. The second-order valence-corrected chi connectivity index (χ2v) is 9.30.